The van der Waals surface area contributed by atoms with Gasteiger partial charge in [0.2, 0.25) is 5.91 Å². The van der Waals surface area contributed by atoms with E-state index in [1.807, 2.05) is 30.3 Å². The number of hydrogen-bond acceptors (Lipinski definition) is 4. The summed E-state index contributed by atoms with van der Waals surface area (Å²) in [4.78, 5) is 36.0. The second-order valence-electron chi connectivity index (χ2n) is 6.17. The topological polar surface area (TPSA) is 72.5 Å². The quantitative estimate of drug-likeness (QED) is 0.467. The molecule has 0 aromatic heterocycles. The molecule has 0 aliphatic rings. The van der Waals surface area contributed by atoms with Crippen molar-refractivity contribution in [3.63, 3.8) is 0 Å². The highest BCUT2D eigenvalue weighted by molar-refractivity contribution is 6.33. The molecule has 0 saturated carbocycles. The van der Waals surface area contributed by atoms with Crippen LogP contribution in [0.3, 0.4) is 0 Å². The number of amides is 1. The average Bonchev–Trinajstić information content (AvgIpc) is 2.71. The standard InChI is InChI=1S/C22H18ClNO4/c23-18-7-3-4-8-19(18)24-21(26)11-12-22(27)28-14-20(25)17-10-9-15-5-1-2-6-16(15)13-17/h1-10,13H,11-12,14H2,(H,24,26). The number of ketones is 1. The van der Waals surface area contributed by atoms with Gasteiger partial charge in [-0.3, -0.25) is 14.4 Å². The van der Waals surface area contributed by atoms with Crippen molar-refractivity contribution in [1.82, 2.24) is 0 Å². The first-order valence-corrected chi connectivity index (χ1v) is 9.13. The van der Waals surface area contributed by atoms with Crippen LogP contribution in [0.25, 0.3) is 10.8 Å². The molecule has 0 aliphatic carbocycles. The first-order chi connectivity index (χ1) is 13.5. The second-order valence-corrected chi connectivity index (χ2v) is 6.58. The van der Waals surface area contributed by atoms with Crippen LogP contribution in [0.5, 0.6) is 0 Å². The van der Waals surface area contributed by atoms with Gasteiger partial charge in [-0.2, -0.15) is 0 Å². The SMILES string of the molecule is O=C(CCC(=O)OCC(=O)c1ccc2ccccc2c1)Nc1ccccc1Cl. The third kappa shape index (κ3) is 5.18. The molecule has 0 radical (unpaired) electrons. The zero-order valence-electron chi connectivity index (χ0n) is 15.0. The van der Waals surface area contributed by atoms with Crippen LogP contribution < -0.4 is 5.32 Å². The van der Waals surface area contributed by atoms with Crippen LogP contribution in [-0.4, -0.2) is 24.3 Å². The first-order valence-electron chi connectivity index (χ1n) is 8.75. The lowest BCUT2D eigenvalue weighted by Gasteiger charge is -2.07. The van der Waals surface area contributed by atoms with Gasteiger partial charge in [0.05, 0.1) is 17.1 Å². The molecule has 0 atom stereocenters. The lowest BCUT2D eigenvalue weighted by molar-refractivity contribution is -0.143. The summed E-state index contributed by atoms with van der Waals surface area (Å²) in [6, 6.07) is 19.8. The summed E-state index contributed by atoms with van der Waals surface area (Å²) < 4.78 is 5.00. The number of rotatable bonds is 7. The van der Waals surface area contributed by atoms with Crippen molar-refractivity contribution in [2.45, 2.75) is 12.8 Å². The average molecular weight is 396 g/mol. The smallest absolute Gasteiger partial charge is 0.306 e. The van der Waals surface area contributed by atoms with Crippen LogP contribution in [0.2, 0.25) is 5.02 Å². The van der Waals surface area contributed by atoms with Crippen molar-refractivity contribution in [2.75, 3.05) is 11.9 Å². The number of para-hydroxylation sites is 1. The zero-order valence-corrected chi connectivity index (χ0v) is 15.7. The Balaban J connectivity index is 1.46. The summed E-state index contributed by atoms with van der Waals surface area (Å²) in [5.74, 6) is -1.26. The molecule has 0 spiro atoms. The fraction of sp³-hybridized carbons (Fsp3) is 0.136. The Morgan fingerprint density at radius 2 is 1.57 bits per heavy atom. The number of esters is 1. The van der Waals surface area contributed by atoms with Crippen molar-refractivity contribution in [3.8, 4) is 0 Å². The third-order valence-corrected chi connectivity index (χ3v) is 4.47. The fourth-order valence-corrected chi connectivity index (χ4v) is 2.84. The van der Waals surface area contributed by atoms with E-state index in [0.717, 1.165) is 10.8 Å². The van der Waals surface area contributed by atoms with E-state index in [1.54, 1.807) is 36.4 Å². The summed E-state index contributed by atoms with van der Waals surface area (Å²) in [7, 11) is 0. The zero-order chi connectivity index (χ0) is 19.9. The maximum absolute atomic E-state index is 12.2. The van der Waals surface area contributed by atoms with Crippen molar-refractivity contribution in [3.05, 3.63) is 77.3 Å². The molecule has 28 heavy (non-hydrogen) atoms. The van der Waals surface area contributed by atoms with Crippen molar-refractivity contribution < 1.29 is 19.1 Å². The summed E-state index contributed by atoms with van der Waals surface area (Å²) in [5.41, 5.74) is 0.956. The number of carbonyl (C=O) groups is 3. The Hall–Kier alpha value is -3.18. The Labute approximate surface area is 167 Å². The normalized spacial score (nSPS) is 10.5. The number of fused-ring (bicyclic) bond motifs is 1. The number of nitrogens with one attached hydrogen (secondary N) is 1. The summed E-state index contributed by atoms with van der Waals surface area (Å²) in [6.45, 7) is -0.358. The third-order valence-electron chi connectivity index (χ3n) is 4.14. The van der Waals surface area contributed by atoms with E-state index in [0.29, 0.717) is 16.3 Å². The van der Waals surface area contributed by atoms with Crippen LogP contribution in [-0.2, 0) is 14.3 Å². The molecule has 0 unspecified atom stereocenters. The highest BCUT2D eigenvalue weighted by Crippen LogP contribution is 2.20. The Morgan fingerprint density at radius 1 is 0.857 bits per heavy atom. The van der Waals surface area contributed by atoms with E-state index in [2.05, 4.69) is 5.32 Å². The number of halogens is 1. The molecule has 3 aromatic carbocycles. The van der Waals surface area contributed by atoms with Gasteiger partial charge in [-0.1, -0.05) is 60.1 Å². The molecule has 1 N–H and O–H groups in total. The van der Waals surface area contributed by atoms with Gasteiger partial charge in [0, 0.05) is 12.0 Å². The van der Waals surface area contributed by atoms with Gasteiger partial charge >= 0.3 is 5.97 Å². The highest BCUT2D eigenvalue weighted by atomic mass is 35.5. The molecular weight excluding hydrogens is 378 g/mol. The molecule has 3 rings (SSSR count). The second kappa shape index (κ2) is 9.15. The van der Waals surface area contributed by atoms with E-state index in [4.69, 9.17) is 16.3 Å². The number of anilines is 1. The number of carbonyl (C=O) groups excluding carboxylic acids is 3. The van der Waals surface area contributed by atoms with Crippen molar-refractivity contribution in [2.24, 2.45) is 0 Å². The van der Waals surface area contributed by atoms with Crippen LogP contribution in [0, 0.1) is 0 Å². The van der Waals surface area contributed by atoms with Gasteiger partial charge in [0.25, 0.3) is 0 Å². The lowest BCUT2D eigenvalue weighted by atomic mass is 10.0. The summed E-state index contributed by atoms with van der Waals surface area (Å²) >= 11 is 5.97. The molecule has 0 heterocycles. The molecule has 5 nitrogen and oxygen atoms in total. The minimum atomic E-state index is -0.608. The van der Waals surface area contributed by atoms with E-state index >= 15 is 0 Å². The van der Waals surface area contributed by atoms with Crippen molar-refractivity contribution >= 4 is 45.7 Å². The van der Waals surface area contributed by atoms with Crippen LogP contribution >= 0.6 is 11.6 Å². The minimum Gasteiger partial charge on any atom is -0.457 e. The van der Waals surface area contributed by atoms with Gasteiger partial charge in [0.1, 0.15) is 0 Å². The number of hydrogen-bond donors (Lipinski definition) is 1. The number of ether oxygens (including phenoxy) is 1. The Kier molecular flexibility index (Phi) is 6.40. The Bertz CT molecular complexity index is 1030. The van der Waals surface area contributed by atoms with Gasteiger partial charge < -0.3 is 10.1 Å². The van der Waals surface area contributed by atoms with Crippen LogP contribution in [0.15, 0.2) is 66.7 Å². The van der Waals surface area contributed by atoms with Crippen LogP contribution in [0.4, 0.5) is 5.69 Å². The maximum atomic E-state index is 12.2. The molecule has 0 aliphatic heterocycles. The highest BCUT2D eigenvalue weighted by Gasteiger charge is 2.13. The molecule has 0 fully saturated rings. The molecule has 142 valence electrons. The van der Waals surface area contributed by atoms with E-state index < -0.39 is 5.97 Å². The predicted molar refractivity (Wildman–Crippen MR) is 109 cm³/mol. The Morgan fingerprint density at radius 3 is 2.36 bits per heavy atom. The molecule has 1 amide bonds. The molecule has 0 bridgehead atoms. The van der Waals surface area contributed by atoms with Gasteiger partial charge in [-0.05, 0) is 29.0 Å². The predicted octanol–water partition coefficient (Wildman–Crippen LogP) is 4.64. The van der Waals surface area contributed by atoms with E-state index in [-0.39, 0.29) is 31.1 Å². The molecular formula is C22H18ClNO4. The van der Waals surface area contributed by atoms with E-state index in [9.17, 15) is 14.4 Å². The van der Waals surface area contributed by atoms with Crippen molar-refractivity contribution in [1.29, 1.82) is 0 Å². The molecule has 6 heteroatoms. The van der Waals surface area contributed by atoms with E-state index in [1.165, 1.54) is 0 Å². The van der Waals surface area contributed by atoms with Gasteiger partial charge in [-0.15, -0.1) is 0 Å². The van der Waals surface area contributed by atoms with Gasteiger partial charge in [-0.25, -0.2) is 0 Å². The number of benzene rings is 3. The summed E-state index contributed by atoms with van der Waals surface area (Å²) in [5, 5.41) is 5.01. The first kappa shape index (κ1) is 19.6. The number of Topliss-reactive ketones (excluding diaryl/α,β-unsaturated/α-hetero) is 1. The minimum absolute atomic E-state index is 0.0613. The molecule has 3 aromatic rings. The fourth-order valence-electron chi connectivity index (χ4n) is 2.66. The summed E-state index contributed by atoms with van der Waals surface area (Å²) in [6.07, 6.45) is -0.185. The maximum Gasteiger partial charge on any atom is 0.306 e. The lowest BCUT2D eigenvalue weighted by Crippen LogP contribution is -2.17. The van der Waals surface area contributed by atoms with Gasteiger partial charge in [0.15, 0.2) is 12.4 Å². The largest absolute Gasteiger partial charge is 0.457 e. The van der Waals surface area contributed by atoms with Crippen LogP contribution in [0.1, 0.15) is 23.2 Å². The monoisotopic (exact) mass is 395 g/mol. The molecule has 0 saturated heterocycles.